The fourth-order valence-electron chi connectivity index (χ4n) is 3.38. The van der Waals surface area contributed by atoms with Crippen molar-refractivity contribution in [1.29, 1.82) is 0 Å². The third kappa shape index (κ3) is 6.74. The van der Waals surface area contributed by atoms with E-state index in [0.29, 0.717) is 19.5 Å². The predicted octanol–water partition coefficient (Wildman–Crippen LogP) is 4.49. The molecule has 0 saturated carbocycles. The smallest absolute Gasteiger partial charge is 0.242 e. The number of nitrogens with one attached hydrogen (secondary N) is 1. The van der Waals surface area contributed by atoms with E-state index in [9.17, 15) is 9.59 Å². The lowest BCUT2D eigenvalue weighted by Crippen LogP contribution is -2.48. The lowest BCUT2D eigenvalue weighted by atomic mass is 10.0. The molecule has 1 N–H and O–H groups in total. The first-order valence-corrected chi connectivity index (χ1v) is 10.5. The van der Waals surface area contributed by atoms with Crippen molar-refractivity contribution in [1.82, 2.24) is 10.2 Å². The molecule has 29 heavy (non-hydrogen) atoms. The predicted molar refractivity (Wildman–Crippen MR) is 119 cm³/mol. The van der Waals surface area contributed by atoms with Crippen LogP contribution in [0.25, 0.3) is 0 Å². The van der Waals surface area contributed by atoms with Crippen LogP contribution < -0.4 is 5.32 Å². The Morgan fingerprint density at radius 2 is 1.76 bits per heavy atom. The fourth-order valence-corrected chi connectivity index (χ4v) is 3.38. The van der Waals surface area contributed by atoms with Gasteiger partial charge in [-0.3, -0.25) is 9.59 Å². The number of carbonyl (C=O) groups excluding carboxylic acids is 2. The number of hydrogen-bond donors (Lipinski definition) is 1. The molecule has 0 aliphatic carbocycles. The van der Waals surface area contributed by atoms with Crippen molar-refractivity contribution < 1.29 is 9.59 Å². The Morgan fingerprint density at radius 3 is 2.45 bits per heavy atom. The van der Waals surface area contributed by atoms with Crippen molar-refractivity contribution in [2.75, 3.05) is 6.54 Å². The zero-order valence-corrected chi connectivity index (χ0v) is 18.4. The van der Waals surface area contributed by atoms with Crippen molar-refractivity contribution in [2.24, 2.45) is 0 Å². The van der Waals surface area contributed by atoms with Crippen LogP contribution in [0.2, 0.25) is 0 Å². The quantitative estimate of drug-likeness (QED) is 0.637. The van der Waals surface area contributed by atoms with E-state index in [-0.39, 0.29) is 11.8 Å². The second-order valence-electron chi connectivity index (χ2n) is 7.94. The summed E-state index contributed by atoms with van der Waals surface area (Å²) in [6.07, 6.45) is 2.26. The van der Waals surface area contributed by atoms with Gasteiger partial charge >= 0.3 is 0 Å². The van der Waals surface area contributed by atoms with Gasteiger partial charge in [-0.25, -0.2) is 0 Å². The first-order chi connectivity index (χ1) is 13.8. The highest BCUT2D eigenvalue weighted by molar-refractivity contribution is 5.88. The van der Waals surface area contributed by atoms with Crippen LogP contribution in [0.4, 0.5) is 0 Å². The standard InChI is InChI=1S/C25H34N2O2/c1-6-7-13-26-25(29)21(5)27(17-22-10-8-9-18(2)14-22)24(28)16-23-15-19(3)11-12-20(23)4/h8-12,14-15,21H,6-7,13,16-17H2,1-5H3,(H,26,29)/t21-/m0/s1. The average Bonchev–Trinajstić information content (AvgIpc) is 2.68. The van der Waals surface area contributed by atoms with Gasteiger partial charge in [-0.15, -0.1) is 0 Å². The van der Waals surface area contributed by atoms with Crippen LogP contribution >= 0.6 is 0 Å². The van der Waals surface area contributed by atoms with Crippen LogP contribution in [0.15, 0.2) is 42.5 Å². The molecule has 4 heteroatoms. The van der Waals surface area contributed by atoms with E-state index in [1.54, 1.807) is 4.90 Å². The van der Waals surface area contributed by atoms with E-state index in [2.05, 4.69) is 30.4 Å². The van der Waals surface area contributed by atoms with Gasteiger partial charge in [0.25, 0.3) is 0 Å². The van der Waals surface area contributed by atoms with Gasteiger partial charge in [0.1, 0.15) is 6.04 Å². The molecule has 0 heterocycles. The number of nitrogens with zero attached hydrogens (tertiary/aromatic N) is 1. The topological polar surface area (TPSA) is 49.4 Å². The van der Waals surface area contributed by atoms with Crippen molar-refractivity contribution in [3.05, 3.63) is 70.3 Å². The molecule has 0 bridgehead atoms. The van der Waals surface area contributed by atoms with E-state index in [0.717, 1.165) is 40.7 Å². The molecule has 0 saturated heterocycles. The zero-order valence-electron chi connectivity index (χ0n) is 18.4. The molecule has 0 aliphatic heterocycles. The molecule has 0 spiro atoms. The Labute approximate surface area is 175 Å². The van der Waals surface area contributed by atoms with Gasteiger partial charge in [-0.1, -0.05) is 66.9 Å². The molecule has 2 rings (SSSR count). The second-order valence-corrected chi connectivity index (χ2v) is 7.94. The maximum atomic E-state index is 13.3. The van der Waals surface area contributed by atoms with Gasteiger partial charge in [0, 0.05) is 13.1 Å². The molecular formula is C25H34N2O2. The van der Waals surface area contributed by atoms with E-state index in [4.69, 9.17) is 0 Å². The number of benzene rings is 2. The van der Waals surface area contributed by atoms with E-state index in [1.807, 2.05) is 52.0 Å². The van der Waals surface area contributed by atoms with Crippen molar-refractivity contribution in [3.8, 4) is 0 Å². The minimum atomic E-state index is -0.523. The first kappa shape index (κ1) is 22.7. The summed E-state index contributed by atoms with van der Waals surface area (Å²) in [7, 11) is 0. The summed E-state index contributed by atoms with van der Waals surface area (Å²) >= 11 is 0. The monoisotopic (exact) mass is 394 g/mol. The van der Waals surface area contributed by atoms with Gasteiger partial charge in [-0.05, 0) is 50.8 Å². The lowest BCUT2D eigenvalue weighted by Gasteiger charge is -2.29. The van der Waals surface area contributed by atoms with Crippen molar-refractivity contribution >= 4 is 11.8 Å². The van der Waals surface area contributed by atoms with Gasteiger partial charge in [0.15, 0.2) is 0 Å². The summed E-state index contributed by atoms with van der Waals surface area (Å²) in [6, 6.07) is 13.7. The molecule has 0 radical (unpaired) electrons. The van der Waals surface area contributed by atoms with Crippen molar-refractivity contribution in [3.63, 3.8) is 0 Å². The molecule has 156 valence electrons. The van der Waals surface area contributed by atoms with Crippen LogP contribution in [0.5, 0.6) is 0 Å². The molecule has 0 aliphatic rings. The van der Waals surface area contributed by atoms with Crippen LogP contribution in [0.1, 0.15) is 54.5 Å². The Bertz CT molecular complexity index is 844. The molecule has 1 atom stereocenters. The summed E-state index contributed by atoms with van der Waals surface area (Å²) < 4.78 is 0. The summed E-state index contributed by atoms with van der Waals surface area (Å²) in [5.41, 5.74) is 5.42. The molecule has 0 aromatic heterocycles. The first-order valence-electron chi connectivity index (χ1n) is 10.5. The molecule has 2 aromatic carbocycles. The third-order valence-corrected chi connectivity index (χ3v) is 5.28. The summed E-state index contributed by atoms with van der Waals surface area (Å²) in [5.74, 6) is -0.126. The van der Waals surface area contributed by atoms with Gasteiger partial charge in [-0.2, -0.15) is 0 Å². The van der Waals surface area contributed by atoms with Crippen LogP contribution in [-0.4, -0.2) is 29.3 Å². The second kappa shape index (κ2) is 10.8. The Kier molecular flexibility index (Phi) is 8.44. The average molecular weight is 395 g/mol. The minimum Gasteiger partial charge on any atom is -0.354 e. The van der Waals surface area contributed by atoms with Crippen LogP contribution in [0.3, 0.4) is 0 Å². The zero-order chi connectivity index (χ0) is 21.4. The molecule has 4 nitrogen and oxygen atoms in total. The van der Waals surface area contributed by atoms with Crippen LogP contribution in [-0.2, 0) is 22.6 Å². The third-order valence-electron chi connectivity index (χ3n) is 5.28. The maximum Gasteiger partial charge on any atom is 0.242 e. The highest BCUT2D eigenvalue weighted by atomic mass is 16.2. The highest BCUT2D eigenvalue weighted by Crippen LogP contribution is 2.16. The summed E-state index contributed by atoms with van der Waals surface area (Å²) in [6.45, 7) is 11.1. The highest BCUT2D eigenvalue weighted by Gasteiger charge is 2.26. The number of unbranched alkanes of at least 4 members (excludes halogenated alkanes) is 1. The fraction of sp³-hybridized carbons (Fsp3) is 0.440. The van der Waals surface area contributed by atoms with Crippen molar-refractivity contribution in [2.45, 2.75) is 66.5 Å². The summed E-state index contributed by atoms with van der Waals surface area (Å²) in [4.78, 5) is 27.7. The normalized spacial score (nSPS) is 11.8. The molecule has 2 aromatic rings. The number of carbonyl (C=O) groups is 2. The van der Waals surface area contributed by atoms with Gasteiger partial charge in [0.2, 0.25) is 11.8 Å². The Balaban J connectivity index is 2.23. The molecule has 2 amide bonds. The Morgan fingerprint density at radius 1 is 1.03 bits per heavy atom. The number of rotatable bonds is 9. The number of hydrogen-bond acceptors (Lipinski definition) is 2. The SMILES string of the molecule is CCCCNC(=O)[C@H](C)N(Cc1cccc(C)c1)C(=O)Cc1cc(C)ccc1C. The lowest BCUT2D eigenvalue weighted by molar-refractivity contribution is -0.140. The largest absolute Gasteiger partial charge is 0.354 e. The van der Waals surface area contributed by atoms with Gasteiger partial charge < -0.3 is 10.2 Å². The molecule has 0 fully saturated rings. The van der Waals surface area contributed by atoms with E-state index < -0.39 is 6.04 Å². The van der Waals surface area contributed by atoms with E-state index in [1.165, 1.54) is 0 Å². The maximum absolute atomic E-state index is 13.3. The molecule has 0 unspecified atom stereocenters. The van der Waals surface area contributed by atoms with E-state index >= 15 is 0 Å². The molecular weight excluding hydrogens is 360 g/mol. The summed E-state index contributed by atoms with van der Waals surface area (Å²) in [5, 5.41) is 2.97. The minimum absolute atomic E-state index is 0.0293. The van der Waals surface area contributed by atoms with Crippen LogP contribution in [0, 0.1) is 20.8 Å². The number of amides is 2. The number of aryl methyl sites for hydroxylation is 3. The Hall–Kier alpha value is -2.62. The van der Waals surface area contributed by atoms with Gasteiger partial charge in [0.05, 0.1) is 6.42 Å².